The van der Waals surface area contributed by atoms with Gasteiger partial charge in [0, 0.05) is 36.6 Å². The van der Waals surface area contributed by atoms with Crippen molar-refractivity contribution >= 4 is 22.4 Å². The average molecular weight is 424 g/mol. The quantitative estimate of drug-likeness (QED) is 0.357. The second-order valence-electron chi connectivity index (χ2n) is 7.08. The van der Waals surface area contributed by atoms with Crippen LogP contribution in [0.2, 0.25) is 5.02 Å². The molecule has 0 aliphatic heterocycles. The summed E-state index contributed by atoms with van der Waals surface area (Å²) in [6.45, 7) is 2.51. The van der Waals surface area contributed by atoms with E-state index in [0.717, 1.165) is 41.6 Å². The van der Waals surface area contributed by atoms with Crippen LogP contribution in [0.3, 0.4) is 0 Å². The molecule has 4 aromatic rings. The maximum Gasteiger partial charge on any atom is 0.131 e. The molecule has 0 atom stereocenters. The molecule has 1 N–H and O–H groups in total. The first-order valence-corrected chi connectivity index (χ1v) is 10.3. The van der Waals surface area contributed by atoms with Gasteiger partial charge in [-0.15, -0.1) is 0 Å². The van der Waals surface area contributed by atoms with Gasteiger partial charge in [-0.2, -0.15) is 0 Å². The largest absolute Gasteiger partial charge is 0.488 e. The molecule has 0 saturated heterocycles. The van der Waals surface area contributed by atoms with Crippen molar-refractivity contribution < 1.29 is 9.13 Å². The number of nitrogens with zero attached hydrogens (tertiary/aromatic N) is 2. The lowest BCUT2D eigenvalue weighted by atomic mass is 10.0. The highest BCUT2D eigenvalue weighted by Crippen LogP contribution is 2.30. The highest BCUT2D eigenvalue weighted by atomic mass is 35.5. The Morgan fingerprint density at radius 1 is 1.03 bits per heavy atom. The van der Waals surface area contributed by atoms with Crippen LogP contribution in [0.15, 0.2) is 73.3 Å². The van der Waals surface area contributed by atoms with Crippen molar-refractivity contribution in [3.63, 3.8) is 0 Å². The van der Waals surface area contributed by atoms with Gasteiger partial charge in [0.05, 0.1) is 11.3 Å². The van der Waals surface area contributed by atoms with Crippen molar-refractivity contribution in [1.29, 1.82) is 0 Å². The number of aryl methyl sites for hydroxylation is 1. The molecule has 0 amide bonds. The van der Waals surface area contributed by atoms with Gasteiger partial charge in [0.2, 0.25) is 0 Å². The van der Waals surface area contributed by atoms with Gasteiger partial charge in [-0.05, 0) is 41.9 Å². The number of rotatable bonds is 9. The Labute approximate surface area is 180 Å². The molecule has 0 spiro atoms. The SMILES string of the molecule is Fc1cccc(Cl)c1COc1ccc2ccccc2c1CNCCCn1ccnc1. The smallest absolute Gasteiger partial charge is 0.131 e. The molecule has 0 radical (unpaired) electrons. The minimum Gasteiger partial charge on any atom is -0.488 e. The number of fused-ring (bicyclic) bond motifs is 1. The molecule has 0 aliphatic rings. The predicted octanol–water partition coefficient (Wildman–Crippen LogP) is 5.59. The first kappa shape index (κ1) is 20.4. The first-order valence-electron chi connectivity index (χ1n) is 9.95. The van der Waals surface area contributed by atoms with Gasteiger partial charge in [0.1, 0.15) is 18.2 Å². The van der Waals surface area contributed by atoms with Gasteiger partial charge >= 0.3 is 0 Å². The Kier molecular flexibility index (Phi) is 6.62. The fourth-order valence-electron chi connectivity index (χ4n) is 3.47. The van der Waals surface area contributed by atoms with E-state index in [-0.39, 0.29) is 12.4 Å². The van der Waals surface area contributed by atoms with E-state index in [2.05, 4.69) is 27.0 Å². The Bertz CT molecular complexity index is 1090. The molecular weight excluding hydrogens is 401 g/mol. The molecule has 6 heteroatoms. The van der Waals surface area contributed by atoms with E-state index < -0.39 is 0 Å². The van der Waals surface area contributed by atoms with Crippen LogP contribution in [-0.4, -0.2) is 16.1 Å². The molecular formula is C24H23ClFN3O. The summed E-state index contributed by atoms with van der Waals surface area (Å²) in [5.74, 6) is 0.373. The number of hydrogen-bond acceptors (Lipinski definition) is 3. The molecule has 0 fully saturated rings. The number of hydrogen-bond donors (Lipinski definition) is 1. The maximum absolute atomic E-state index is 14.1. The molecule has 0 saturated carbocycles. The summed E-state index contributed by atoms with van der Waals surface area (Å²) >= 11 is 6.15. The third-order valence-electron chi connectivity index (χ3n) is 5.06. The topological polar surface area (TPSA) is 39.1 Å². The molecule has 4 nitrogen and oxygen atoms in total. The molecule has 0 bridgehead atoms. The molecule has 0 unspecified atom stereocenters. The number of ether oxygens (including phenoxy) is 1. The van der Waals surface area contributed by atoms with Gasteiger partial charge in [-0.3, -0.25) is 0 Å². The summed E-state index contributed by atoms with van der Waals surface area (Å²) < 4.78 is 22.2. The van der Waals surface area contributed by atoms with Gasteiger partial charge in [0.25, 0.3) is 0 Å². The molecule has 1 aromatic heterocycles. The molecule has 1 heterocycles. The van der Waals surface area contributed by atoms with E-state index in [1.807, 2.05) is 36.8 Å². The fraction of sp³-hybridized carbons (Fsp3) is 0.208. The third kappa shape index (κ3) is 4.81. The molecule has 4 rings (SSSR count). The maximum atomic E-state index is 14.1. The second kappa shape index (κ2) is 9.74. The monoisotopic (exact) mass is 423 g/mol. The van der Waals surface area contributed by atoms with Gasteiger partial charge in [-0.1, -0.05) is 48.0 Å². The lowest BCUT2D eigenvalue weighted by molar-refractivity contribution is 0.296. The van der Waals surface area contributed by atoms with Gasteiger partial charge < -0.3 is 14.6 Å². The summed E-state index contributed by atoms with van der Waals surface area (Å²) in [5, 5.41) is 6.14. The summed E-state index contributed by atoms with van der Waals surface area (Å²) in [4.78, 5) is 4.06. The van der Waals surface area contributed by atoms with Crippen LogP contribution in [0.4, 0.5) is 4.39 Å². The van der Waals surface area contributed by atoms with E-state index >= 15 is 0 Å². The molecule has 154 valence electrons. The molecule has 0 aliphatic carbocycles. The highest BCUT2D eigenvalue weighted by molar-refractivity contribution is 6.31. The van der Waals surface area contributed by atoms with Crippen molar-refractivity contribution in [2.45, 2.75) is 26.1 Å². The number of imidazole rings is 1. The Balaban J connectivity index is 1.48. The third-order valence-corrected chi connectivity index (χ3v) is 5.42. The van der Waals surface area contributed by atoms with E-state index in [4.69, 9.17) is 16.3 Å². The van der Waals surface area contributed by atoms with Crippen molar-refractivity contribution in [3.8, 4) is 5.75 Å². The Hall–Kier alpha value is -2.89. The zero-order valence-electron chi connectivity index (χ0n) is 16.5. The lowest BCUT2D eigenvalue weighted by Crippen LogP contribution is -2.17. The average Bonchev–Trinajstić information content (AvgIpc) is 3.27. The zero-order valence-corrected chi connectivity index (χ0v) is 17.3. The van der Waals surface area contributed by atoms with Crippen LogP contribution in [0.5, 0.6) is 5.75 Å². The summed E-state index contributed by atoms with van der Waals surface area (Å²) in [6, 6.07) is 16.8. The normalized spacial score (nSPS) is 11.1. The van der Waals surface area contributed by atoms with E-state index in [9.17, 15) is 4.39 Å². The standard InChI is InChI=1S/C24H23ClFN3O/c25-22-7-3-8-23(26)21(22)16-30-24-10-9-18-5-1-2-6-19(18)20(24)15-27-11-4-13-29-14-12-28-17-29/h1-3,5-10,12,14,17,27H,4,11,13,15-16H2. The number of nitrogens with one attached hydrogen (secondary N) is 1. The fourth-order valence-corrected chi connectivity index (χ4v) is 3.69. The van der Waals surface area contributed by atoms with Crippen LogP contribution in [-0.2, 0) is 19.7 Å². The number of benzene rings is 3. The second-order valence-corrected chi connectivity index (χ2v) is 7.49. The number of halogens is 2. The van der Waals surface area contributed by atoms with Crippen LogP contribution in [0, 0.1) is 5.82 Å². The van der Waals surface area contributed by atoms with Crippen molar-refractivity contribution in [3.05, 3.63) is 95.3 Å². The minimum atomic E-state index is -0.359. The summed E-state index contributed by atoms with van der Waals surface area (Å²) in [6.07, 6.45) is 6.56. The lowest BCUT2D eigenvalue weighted by Gasteiger charge is -2.16. The highest BCUT2D eigenvalue weighted by Gasteiger charge is 2.12. The predicted molar refractivity (Wildman–Crippen MR) is 118 cm³/mol. The van der Waals surface area contributed by atoms with E-state index in [0.29, 0.717) is 17.1 Å². The summed E-state index contributed by atoms with van der Waals surface area (Å²) in [7, 11) is 0. The van der Waals surface area contributed by atoms with Crippen LogP contribution in [0.25, 0.3) is 10.8 Å². The zero-order chi connectivity index (χ0) is 20.8. The van der Waals surface area contributed by atoms with Crippen LogP contribution >= 0.6 is 11.6 Å². The first-order chi connectivity index (χ1) is 14.7. The molecule has 30 heavy (non-hydrogen) atoms. The van der Waals surface area contributed by atoms with E-state index in [1.165, 1.54) is 6.07 Å². The van der Waals surface area contributed by atoms with Crippen LogP contribution < -0.4 is 10.1 Å². The summed E-state index contributed by atoms with van der Waals surface area (Å²) in [5.41, 5.74) is 1.43. The molecule has 3 aromatic carbocycles. The van der Waals surface area contributed by atoms with Gasteiger partial charge in [-0.25, -0.2) is 9.37 Å². The Morgan fingerprint density at radius 2 is 1.93 bits per heavy atom. The number of aromatic nitrogens is 2. The van der Waals surface area contributed by atoms with Crippen molar-refractivity contribution in [2.75, 3.05) is 6.54 Å². The van der Waals surface area contributed by atoms with Crippen molar-refractivity contribution in [2.24, 2.45) is 0 Å². The minimum absolute atomic E-state index is 0.0808. The van der Waals surface area contributed by atoms with E-state index in [1.54, 1.807) is 18.3 Å². The Morgan fingerprint density at radius 3 is 2.77 bits per heavy atom. The van der Waals surface area contributed by atoms with Gasteiger partial charge in [0.15, 0.2) is 0 Å². The van der Waals surface area contributed by atoms with Crippen molar-refractivity contribution in [1.82, 2.24) is 14.9 Å². The van der Waals surface area contributed by atoms with Crippen LogP contribution in [0.1, 0.15) is 17.5 Å².